The lowest BCUT2D eigenvalue weighted by Gasteiger charge is -2.38. The van der Waals surface area contributed by atoms with Gasteiger partial charge in [-0.05, 0) is 69.6 Å². The Morgan fingerprint density at radius 2 is 1.79 bits per heavy atom. The van der Waals surface area contributed by atoms with Crippen LogP contribution in [0.5, 0.6) is 5.75 Å². The average molecular weight is 406 g/mol. The Kier molecular flexibility index (Phi) is 8.96. The number of nitrogens with one attached hydrogen (secondary N) is 1. The monoisotopic (exact) mass is 405 g/mol. The van der Waals surface area contributed by atoms with Crippen LogP contribution in [0.2, 0.25) is 0 Å². The lowest BCUT2D eigenvalue weighted by Crippen LogP contribution is -2.48. The second-order valence-corrected chi connectivity index (χ2v) is 7.76. The zero-order chi connectivity index (χ0) is 21.3. The molecule has 0 unspecified atom stereocenters. The van der Waals surface area contributed by atoms with E-state index in [-0.39, 0.29) is 12.5 Å². The van der Waals surface area contributed by atoms with E-state index in [4.69, 9.17) is 14.2 Å². The molecule has 6 nitrogen and oxygen atoms in total. The fourth-order valence-corrected chi connectivity index (χ4v) is 3.52. The number of carbonyl (C=O) groups is 2. The Labute approximate surface area is 174 Å². The van der Waals surface area contributed by atoms with Gasteiger partial charge < -0.3 is 19.5 Å². The van der Waals surface area contributed by atoms with Crippen LogP contribution in [0.15, 0.2) is 18.2 Å². The summed E-state index contributed by atoms with van der Waals surface area (Å²) in [4.78, 5) is 25.6. The lowest BCUT2D eigenvalue weighted by atomic mass is 9.78. The highest BCUT2D eigenvalue weighted by atomic mass is 16.5. The molecule has 1 saturated carbocycles. The van der Waals surface area contributed by atoms with Gasteiger partial charge in [-0.15, -0.1) is 0 Å². The van der Waals surface area contributed by atoms with Crippen molar-refractivity contribution < 1.29 is 23.8 Å². The maximum atomic E-state index is 13.2. The molecule has 0 radical (unpaired) electrons. The maximum Gasteiger partial charge on any atom is 0.341 e. The van der Waals surface area contributed by atoms with Crippen LogP contribution in [0, 0.1) is 5.92 Å². The molecule has 29 heavy (non-hydrogen) atoms. The normalized spacial score (nSPS) is 21.4. The van der Waals surface area contributed by atoms with E-state index in [2.05, 4.69) is 12.2 Å². The van der Waals surface area contributed by atoms with Gasteiger partial charge in [0.1, 0.15) is 16.9 Å². The van der Waals surface area contributed by atoms with Crippen LogP contribution in [0.25, 0.3) is 0 Å². The van der Waals surface area contributed by atoms with Crippen molar-refractivity contribution in [2.75, 3.05) is 25.1 Å². The van der Waals surface area contributed by atoms with Crippen LogP contribution < -0.4 is 10.1 Å². The van der Waals surface area contributed by atoms with Gasteiger partial charge in [-0.3, -0.25) is 4.79 Å². The molecule has 0 heterocycles. The van der Waals surface area contributed by atoms with Gasteiger partial charge in [-0.1, -0.05) is 20.8 Å². The van der Waals surface area contributed by atoms with Crippen molar-refractivity contribution in [1.82, 2.24) is 0 Å². The number of anilines is 1. The summed E-state index contributed by atoms with van der Waals surface area (Å²) in [6, 6.07) is 5.09. The number of hydrogen-bond acceptors (Lipinski definition) is 5. The van der Waals surface area contributed by atoms with E-state index in [1.54, 1.807) is 25.1 Å². The van der Waals surface area contributed by atoms with Crippen molar-refractivity contribution in [1.29, 1.82) is 0 Å². The topological polar surface area (TPSA) is 73.9 Å². The molecule has 0 spiro atoms. The third kappa shape index (κ3) is 6.20. The zero-order valence-corrected chi connectivity index (χ0v) is 18.2. The Morgan fingerprint density at radius 1 is 1.10 bits per heavy atom. The van der Waals surface area contributed by atoms with Crippen LogP contribution in [0.3, 0.4) is 0 Å². The number of benzene rings is 1. The lowest BCUT2D eigenvalue weighted by molar-refractivity contribution is -0.147. The highest BCUT2D eigenvalue weighted by Crippen LogP contribution is 2.36. The minimum Gasteiger partial charge on any atom is -0.493 e. The van der Waals surface area contributed by atoms with Crippen LogP contribution >= 0.6 is 0 Å². The van der Waals surface area contributed by atoms with Gasteiger partial charge in [-0.2, -0.15) is 0 Å². The molecule has 1 aliphatic rings. The summed E-state index contributed by atoms with van der Waals surface area (Å²) >= 11 is 0. The molecule has 0 bridgehead atoms. The first-order valence-corrected chi connectivity index (χ1v) is 10.8. The van der Waals surface area contributed by atoms with Gasteiger partial charge in [0.15, 0.2) is 0 Å². The van der Waals surface area contributed by atoms with Gasteiger partial charge in [0.25, 0.3) is 5.91 Å². The molecule has 0 atom stereocenters. The van der Waals surface area contributed by atoms with E-state index in [0.29, 0.717) is 49.0 Å². The molecule has 1 N–H and O–H groups in total. The Balaban J connectivity index is 2.22. The van der Waals surface area contributed by atoms with Crippen molar-refractivity contribution in [2.45, 2.75) is 71.8 Å². The molecule has 1 fully saturated rings. The molecular weight excluding hydrogens is 370 g/mol. The Hall–Kier alpha value is -2.08. The fraction of sp³-hybridized carbons (Fsp3) is 0.652. The number of amides is 1. The fourth-order valence-electron chi connectivity index (χ4n) is 3.52. The highest BCUT2D eigenvalue weighted by Gasteiger charge is 2.42. The molecule has 0 saturated heterocycles. The second-order valence-electron chi connectivity index (χ2n) is 7.76. The number of esters is 1. The van der Waals surface area contributed by atoms with Gasteiger partial charge in [0.05, 0.1) is 13.2 Å². The minimum atomic E-state index is -0.802. The smallest absolute Gasteiger partial charge is 0.341 e. The van der Waals surface area contributed by atoms with Crippen molar-refractivity contribution in [3.05, 3.63) is 23.8 Å². The van der Waals surface area contributed by atoms with Crippen molar-refractivity contribution in [2.24, 2.45) is 5.92 Å². The summed E-state index contributed by atoms with van der Waals surface area (Å²) in [6.07, 6.45) is 5.05. The third-order valence-corrected chi connectivity index (χ3v) is 5.27. The maximum absolute atomic E-state index is 13.2. The van der Waals surface area contributed by atoms with Crippen LogP contribution in [-0.4, -0.2) is 37.3 Å². The summed E-state index contributed by atoms with van der Waals surface area (Å²) in [7, 11) is 0. The predicted molar refractivity (Wildman–Crippen MR) is 113 cm³/mol. The molecule has 1 aliphatic carbocycles. The number of rotatable bonds is 10. The Morgan fingerprint density at radius 3 is 2.41 bits per heavy atom. The third-order valence-electron chi connectivity index (χ3n) is 5.27. The molecule has 1 aromatic carbocycles. The van der Waals surface area contributed by atoms with Crippen molar-refractivity contribution in [3.8, 4) is 5.75 Å². The molecule has 6 heteroatoms. The zero-order valence-electron chi connectivity index (χ0n) is 18.2. The van der Waals surface area contributed by atoms with Crippen LogP contribution in [0.4, 0.5) is 5.69 Å². The van der Waals surface area contributed by atoms with Gasteiger partial charge in [-0.25, -0.2) is 4.79 Å². The van der Waals surface area contributed by atoms with E-state index < -0.39 is 11.6 Å². The first kappa shape index (κ1) is 23.2. The average Bonchev–Trinajstić information content (AvgIpc) is 2.72. The highest BCUT2D eigenvalue weighted by molar-refractivity contribution is 5.99. The number of hydrogen-bond donors (Lipinski definition) is 1. The summed E-state index contributed by atoms with van der Waals surface area (Å²) in [5.41, 5.74) is 0.0585. The first-order chi connectivity index (χ1) is 14.0. The van der Waals surface area contributed by atoms with E-state index in [1.807, 2.05) is 13.8 Å². The number of carbonyl (C=O) groups excluding carboxylic acids is 2. The predicted octanol–water partition coefficient (Wildman–Crippen LogP) is 4.97. The molecular formula is C23H35NO5. The minimum absolute atomic E-state index is 0.144. The summed E-state index contributed by atoms with van der Waals surface area (Å²) in [5.74, 6) is 0.464. The van der Waals surface area contributed by atoms with Gasteiger partial charge in [0, 0.05) is 12.3 Å². The van der Waals surface area contributed by atoms with Gasteiger partial charge in [0.2, 0.25) is 0 Å². The van der Waals surface area contributed by atoms with Crippen molar-refractivity contribution >= 4 is 17.6 Å². The van der Waals surface area contributed by atoms with E-state index >= 15 is 0 Å². The summed E-state index contributed by atoms with van der Waals surface area (Å²) < 4.78 is 16.9. The molecule has 1 aromatic rings. The summed E-state index contributed by atoms with van der Waals surface area (Å²) in [6.45, 7) is 9.34. The molecule has 0 aliphatic heterocycles. The quantitative estimate of drug-likeness (QED) is 0.557. The largest absolute Gasteiger partial charge is 0.493 e. The van der Waals surface area contributed by atoms with E-state index in [1.165, 1.54) is 0 Å². The van der Waals surface area contributed by atoms with E-state index in [0.717, 1.165) is 25.7 Å². The molecule has 2 rings (SSSR count). The van der Waals surface area contributed by atoms with Crippen LogP contribution in [-0.2, 0) is 14.3 Å². The molecule has 162 valence electrons. The van der Waals surface area contributed by atoms with E-state index in [9.17, 15) is 9.59 Å². The SMILES string of the molecule is CCCOc1ccc(NC(=O)C2(OCCC)CCC(C)CC2)cc1C(=O)OCC. The standard InChI is InChI=1S/C23H35NO5/c1-5-14-28-20-9-8-18(16-19(20)21(25)27-7-3)24-22(26)23(29-15-6-2)12-10-17(4)11-13-23/h8-9,16-17H,5-7,10-15H2,1-4H3,(H,24,26). The molecule has 0 aromatic heterocycles. The van der Waals surface area contributed by atoms with Crippen molar-refractivity contribution in [3.63, 3.8) is 0 Å². The first-order valence-electron chi connectivity index (χ1n) is 10.8. The summed E-state index contributed by atoms with van der Waals surface area (Å²) in [5, 5.41) is 2.97. The molecule has 1 amide bonds. The van der Waals surface area contributed by atoms with Crippen LogP contribution in [0.1, 0.15) is 76.6 Å². The Bertz CT molecular complexity index is 674. The second kappa shape index (κ2) is 11.2. The van der Waals surface area contributed by atoms with Gasteiger partial charge >= 0.3 is 5.97 Å². The number of ether oxygens (including phenoxy) is 3.